The van der Waals surface area contributed by atoms with Crippen LogP contribution in [0.2, 0.25) is 0 Å². The molecule has 0 amide bonds. The number of rotatable bonds is 21. The summed E-state index contributed by atoms with van der Waals surface area (Å²) in [5.74, 6) is 0.417. The van der Waals surface area contributed by atoms with E-state index in [9.17, 15) is 4.21 Å². The van der Waals surface area contributed by atoms with Gasteiger partial charge in [-0.2, -0.15) is 0 Å². The van der Waals surface area contributed by atoms with Crippen molar-refractivity contribution in [1.82, 2.24) is 0 Å². The van der Waals surface area contributed by atoms with E-state index in [-0.39, 0.29) is 0 Å². The molecule has 164 valence electrons. The topological polar surface area (TPSA) is 37.3 Å². The molecular weight excluding hydrogens is 354 g/mol. The lowest BCUT2D eigenvalue weighted by Gasteiger charge is -2.29. The zero-order valence-corrected chi connectivity index (χ0v) is 19.7. The van der Waals surface area contributed by atoms with Crippen LogP contribution in [0.4, 0.5) is 0 Å². The average molecular weight is 405 g/mol. The molecule has 1 N–H and O–H groups in total. The minimum atomic E-state index is -1.63. The third-order valence-electron chi connectivity index (χ3n) is 5.70. The van der Waals surface area contributed by atoms with Gasteiger partial charge in [-0.05, 0) is 12.8 Å². The Labute approximate surface area is 173 Å². The summed E-state index contributed by atoms with van der Waals surface area (Å²) in [7, 11) is 4.48. The molecule has 4 heteroatoms. The Morgan fingerprint density at radius 3 is 1.30 bits per heavy atom. The average Bonchev–Trinajstić information content (AvgIpc) is 2.60. The van der Waals surface area contributed by atoms with E-state index in [0.717, 1.165) is 17.4 Å². The quantitative estimate of drug-likeness (QED) is 0.128. The highest BCUT2D eigenvalue weighted by atomic mass is 32.2. The normalized spacial score (nSPS) is 13.2. The predicted molar refractivity (Wildman–Crippen MR) is 122 cm³/mol. The third-order valence-corrected chi connectivity index (χ3v) is 6.34. The van der Waals surface area contributed by atoms with Gasteiger partial charge in [0.05, 0.1) is 32.9 Å². The Kier molecular flexibility index (Phi) is 19.4. The first-order valence-electron chi connectivity index (χ1n) is 11.9. The highest BCUT2D eigenvalue weighted by Crippen LogP contribution is 2.14. The molecule has 1 unspecified atom stereocenters. The molecule has 0 saturated carbocycles. The number of nitrogens with zero attached hydrogens (tertiary/aromatic N) is 1. The SMILES string of the molecule is CCCCCCCCCCCCCCCCCC[N+](C)(C)CCCS(=O)O. The maximum Gasteiger partial charge on any atom is 0.153 e. The molecule has 0 aliphatic rings. The smallest absolute Gasteiger partial charge is 0.153 e. The van der Waals surface area contributed by atoms with Crippen LogP contribution in [-0.2, 0) is 11.1 Å². The number of quaternary nitrogens is 1. The van der Waals surface area contributed by atoms with Gasteiger partial charge in [-0.25, -0.2) is 4.21 Å². The molecule has 0 radical (unpaired) electrons. The van der Waals surface area contributed by atoms with Gasteiger partial charge >= 0.3 is 0 Å². The lowest BCUT2D eigenvalue weighted by molar-refractivity contribution is -0.890. The van der Waals surface area contributed by atoms with E-state index < -0.39 is 11.1 Å². The summed E-state index contributed by atoms with van der Waals surface area (Å²) in [6, 6.07) is 0. The largest absolute Gasteiger partial charge is 0.328 e. The molecule has 27 heavy (non-hydrogen) atoms. The lowest BCUT2D eigenvalue weighted by atomic mass is 10.0. The zero-order valence-electron chi connectivity index (χ0n) is 18.9. The van der Waals surface area contributed by atoms with Gasteiger partial charge < -0.3 is 9.04 Å². The molecule has 0 rings (SSSR count). The van der Waals surface area contributed by atoms with Gasteiger partial charge in [-0.15, -0.1) is 0 Å². The third kappa shape index (κ3) is 22.2. The molecule has 0 aliphatic carbocycles. The minimum absolute atomic E-state index is 0.417. The van der Waals surface area contributed by atoms with E-state index in [4.69, 9.17) is 4.55 Å². The van der Waals surface area contributed by atoms with Crippen LogP contribution in [0.3, 0.4) is 0 Å². The van der Waals surface area contributed by atoms with Crippen LogP contribution in [0.5, 0.6) is 0 Å². The first kappa shape index (κ1) is 27.1. The molecular formula is C23H50NO2S+. The first-order chi connectivity index (χ1) is 13.0. The highest BCUT2D eigenvalue weighted by Gasteiger charge is 2.14. The van der Waals surface area contributed by atoms with Crippen molar-refractivity contribution < 1.29 is 13.2 Å². The highest BCUT2D eigenvalue weighted by molar-refractivity contribution is 7.79. The molecule has 0 aromatic heterocycles. The van der Waals surface area contributed by atoms with Crippen LogP contribution in [0.15, 0.2) is 0 Å². The van der Waals surface area contributed by atoms with Crippen molar-refractivity contribution in [3.8, 4) is 0 Å². The Morgan fingerprint density at radius 2 is 0.926 bits per heavy atom. The van der Waals surface area contributed by atoms with Crippen LogP contribution in [-0.4, -0.2) is 46.2 Å². The van der Waals surface area contributed by atoms with Crippen molar-refractivity contribution in [3.63, 3.8) is 0 Å². The van der Waals surface area contributed by atoms with Gasteiger partial charge in [0.25, 0.3) is 0 Å². The van der Waals surface area contributed by atoms with Gasteiger partial charge in [-0.1, -0.05) is 96.8 Å². The van der Waals surface area contributed by atoms with Crippen molar-refractivity contribution >= 4 is 11.1 Å². The Morgan fingerprint density at radius 1 is 0.593 bits per heavy atom. The van der Waals surface area contributed by atoms with E-state index in [1.807, 2.05) is 0 Å². The number of hydrogen-bond donors (Lipinski definition) is 1. The summed E-state index contributed by atoms with van der Waals surface area (Å²) in [6.45, 7) is 4.48. The van der Waals surface area contributed by atoms with Crippen molar-refractivity contribution in [3.05, 3.63) is 0 Å². The summed E-state index contributed by atoms with van der Waals surface area (Å²) >= 11 is -1.63. The summed E-state index contributed by atoms with van der Waals surface area (Å²) < 4.78 is 20.5. The molecule has 0 spiro atoms. The predicted octanol–water partition coefficient (Wildman–Crippen LogP) is 6.94. The van der Waals surface area contributed by atoms with Gasteiger partial charge in [0, 0.05) is 6.42 Å². The second-order valence-corrected chi connectivity index (χ2v) is 10.1. The van der Waals surface area contributed by atoms with Crippen LogP contribution < -0.4 is 0 Å². The maximum atomic E-state index is 10.7. The molecule has 0 aliphatic heterocycles. The monoisotopic (exact) mass is 404 g/mol. The Bertz CT molecular complexity index is 334. The van der Waals surface area contributed by atoms with Gasteiger partial charge in [0.15, 0.2) is 11.1 Å². The maximum absolute atomic E-state index is 10.7. The molecule has 0 fully saturated rings. The van der Waals surface area contributed by atoms with E-state index in [0.29, 0.717) is 5.75 Å². The molecule has 3 nitrogen and oxygen atoms in total. The number of hydrogen-bond acceptors (Lipinski definition) is 1. The Balaban J connectivity index is 3.23. The summed E-state index contributed by atoms with van der Waals surface area (Å²) in [4.78, 5) is 0. The molecule has 1 atom stereocenters. The van der Waals surface area contributed by atoms with Crippen LogP contribution in [0.1, 0.15) is 116 Å². The van der Waals surface area contributed by atoms with Crippen molar-refractivity contribution in [1.29, 1.82) is 0 Å². The van der Waals surface area contributed by atoms with E-state index in [2.05, 4.69) is 21.0 Å². The van der Waals surface area contributed by atoms with Crippen LogP contribution in [0, 0.1) is 0 Å². The van der Waals surface area contributed by atoms with E-state index in [1.165, 1.54) is 109 Å². The zero-order chi connectivity index (χ0) is 20.2. The van der Waals surface area contributed by atoms with E-state index in [1.54, 1.807) is 0 Å². The summed E-state index contributed by atoms with van der Waals surface area (Å²) in [5, 5.41) is 0. The minimum Gasteiger partial charge on any atom is -0.328 e. The van der Waals surface area contributed by atoms with Crippen molar-refractivity contribution in [2.45, 2.75) is 116 Å². The summed E-state index contributed by atoms with van der Waals surface area (Å²) in [6.07, 6.45) is 23.4. The molecule has 0 bridgehead atoms. The summed E-state index contributed by atoms with van der Waals surface area (Å²) in [5.41, 5.74) is 0. The molecule has 0 aromatic rings. The second kappa shape index (κ2) is 19.4. The fourth-order valence-electron chi connectivity index (χ4n) is 3.82. The van der Waals surface area contributed by atoms with Crippen LogP contribution >= 0.6 is 0 Å². The standard InChI is InChI=1S/C23H49NO2S/c1-4-5-6-7-8-9-10-11-12-13-14-15-16-17-18-19-21-24(2,3)22-20-23-27(25)26/h4-23H2,1-3H3/p+1. The Hall–Kier alpha value is 0.0700. The first-order valence-corrected chi connectivity index (χ1v) is 13.1. The number of unbranched alkanes of at least 4 members (excludes halogenated alkanes) is 15. The second-order valence-electron chi connectivity index (χ2n) is 9.07. The molecule has 0 aromatic carbocycles. The van der Waals surface area contributed by atoms with Crippen LogP contribution in [0.25, 0.3) is 0 Å². The van der Waals surface area contributed by atoms with Crippen molar-refractivity contribution in [2.24, 2.45) is 0 Å². The van der Waals surface area contributed by atoms with Gasteiger partial charge in [0.1, 0.15) is 0 Å². The fraction of sp³-hybridized carbons (Fsp3) is 1.00. The van der Waals surface area contributed by atoms with Crippen molar-refractivity contribution in [2.75, 3.05) is 32.9 Å². The molecule has 0 heterocycles. The van der Waals surface area contributed by atoms with E-state index >= 15 is 0 Å². The van der Waals surface area contributed by atoms with Gasteiger partial charge in [0.2, 0.25) is 0 Å². The lowest BCUT2D eigenvalue weighted by Crippen LogP contribution is -2.41. The molecule has 0 saturated heterocycles. The fourth-order valence-corrected chi connectivity index (χ4v) is 4.19. The van der Waals surface area contributed by atoms with Gasteiger partial charge in [-0.3, -0.25) is 0 Å².